The van der Waals surface area contributed by atoms with Crippen molar-refractivity contribution >= 4 is 17.5 Å². The number of aromatic nitrogens is 1. The van der Waals surface area contributed by atoms with Crippen molar-refractivity contribution in [2.75, 3.05) is 11.4 Å². The van der Waals surface area contributed by atoms with Crippen molar-refractivity contribution in [2.24, 2.45) is 0 Å². The second-order valence-electron chi connectivity index (χ2n) is 4.29. The van der Waals surface area contributed by atoms with Crippen LogP contribution in [0.25, 0.3) is 0 Å². The number of aryl methyl sites for hydroxylation is 1. The van der Waals surface area contributed by atoms with Crippen LogP contribution in [0.5, 0.6) is 0 Å². The summed E-state index contributed by atoms with van der Waals surface area (Å²) in [6.07, 6.45) is 1.39. The number of anilines is 2. The lowest BCUT2D eigenvalue weighted by atomic mass is 10.2. The van der Waals surface area contributed by atoms with Gasteiger partial charge >= 0.3 is 5.97 Å². The van der Waals surface area contributed by atoms with Crippen molar-refractivity contribution in [2.45, 2.75) is 13.8 Å². The Hall–Kier alpha value is -2.36. The normalized spacial score (nSPS) is 10.2. The van der Waals surface area contributed by atoms with E-state index in [0.717, 1.165) is 18.1 Å². The van der Waals surface area contributed by atoms with Crippen LogP contribution in [0, 0.1) is 6.92 Å². The van der Waals surface area contributed by atoms with E-state index in [1.54, 1.807) is 12.1 Å². The summed E-state index contributed by atoms with van der Waals surface area (Å²) in [5.41, 5.74) is 2.43. The molecule has 19 heavy (non-hydrogen) atoms. The van der Waals surface area contributed by atoms with E-state index in [0.29, 0.717) is 0 Å². The van der Waals surface area contributed by atoms with Gasteiger partial charge < -0.3 is 10.0 Å². The molecule has 0 saturated carbocycles. The van der Waals surface area contributed by atoms with Gasteiger partial charge in [0.15, 0.2) is 0 Å². The van der Waals surface area contributed by atoms with Crippen LogP contribution >= 0.6 is 0 Å². The van der Waals surface area contributed by atoms with Crippen molar-refractivity contribution in [3.05, 3.63) is 53.7 Å². The van der Waals surface area contributed by atoms with Gasteiger partial charge in [-0.15, -0.1) is 0 Å². The summed E-state index contributed by atoms with van der Waals surface area (Å²) < 4.78 is 0. The fourth-order valence-corrected chi connectivity index (χ4v) is 1.94. The Balaban J connectivity index is 2.34. The van der Waals surface area contributed by atoms with Crippen LogP contribution in [0.4, 0.5) is 11.5 Å². The Morgan fingerprint density at radius 1 is 1.32 bits per heavy atom. The van der Waals surface area contributed by atoms with Gasteiger partial charge in [0.2, 0.25) is 0 Å². The van der Waals surface area contributed by atoms with Crippen molar-refractivity contribution in [3.63, 3.8) is 0 Å². The van der Waals surface area contributed by atoms with Crippen molar-refractivity contribution in [1.29, 1.82) is 0 Å². The highest BCUT2D eigenvalue weighted by atomic mass is 16.4. The number of rotatable bonds is 4. The molecular weight excluding hydrogens is 240 g/mol. The molecule has 4 nitrogen and oxygen atoms in total. The van der Waals surface area contributed by atoms with E-state index in [4.69, 9.17) is 5.11 Å². The number of pyridine rings is 1. The van der Waals surface area contributed by atoms with Gasteiger partial charge in [-0.25, -0.2) is 9.78 Å². The number of carboxylic acid groups (broad SMARTS) is 1. The smallest absolute Gasteiger partial charge is 0.337 e. The first kappa shape index (κ1) is 13.1. The van der Waals surface area contributed by atoms with Crippen LogP contribution in [0.15, 0.2) is 42.6 Å². The highest BCUT2D eigenvalue weighted by Gasteiger charge is 2.10. The molecule has 0 spiro atoms. The summed E-state index contributed by atoms with van der Waals surface area (Å²) in [6.45, 7) is 4.84. The lowest BCUT2D eigenvalue weighted by Crippen LogP contribution is -2.17. The molecule has 2 aromatic rings. The first-order valence-electron chi connectivity index (χ1n) is 6.15. The zero-order valence-electron chi connectivity index (χ0n) is 11.0. The third-order valence-corrected chi connectivity index (χ3v) is 2.90. The molecule has 1 heterocycles. The largest absolute Gasteiger partial charge is 0.478 e. The Labute approximate surface area is 112 Å². The Morgan fingerprint density at radius 2 is 2.11 bits per heavy atom. The Kier molecular flexibility index (Phi) is 3.80. The fraction of sp³-hybridized carbons (Fsp3) is 0.200. The minimum atomic E-state index is -0.961. The molecule has 2 rings (SSSR count). The van der Waals surface area contributed by atoms with Gasteiger partial charge in [0.25, 0.3) is 0 Å². The van der Waals surface area contributed by atoms with E-state index < -0.39 is 5.97 Å². The zero-order chi connectivity index (χ0) is 13.8. The third-order valence-electron chi connectivity index (χ3n) is 2.90. The molecule has 98 valence electrons. The standard InChI is InChI=1S/C15H16N2O2/c1-3-17(13-6-4-5-11(2)9-13)14-8-7-12(10-16-14)15(18)19/h4-10H,3H2,1-2H3,(H,18,19). The molecule has 0 bridgehead atoms. The predicted octanol–water partition coefficient (Wildman–Crippen LogP) is 3.25. The van der Waals surface area contributed by atoms with Crippen LogP contribution in [0.2, 0.25) is 0 Å². The van der Waals surface area contributed by atoms with Gasteiger partial charge in [-0.1, -0.05) is 12.1 Å². The van der Waals surface area contributed by atoms with Gasteiger partial charge in [-0.2, -0.15) is 0 Å². The lowest BCUT2D eigenvalue weighted by Gasteiger charge is -2.22. The van der Waals surface area contributed by atoms with Crippen LogP contribution in [-0.2, 0) is 0 Å². The Morgan fingerprint density at radius 3 is 2.63 bits per heavy atom. The average molecular weight is 256 g/mol. The molecule has 0 aliphatic carbocycles. The van der Waals surface area contributed by atoms with Gasteiger partial charge in [-0.05, 0) is 43.7 Å². The molecule has 0 unspecified atom stereocenters. The molecule has 0 aliphatic heterocycles. The quantitative estimate of drug-likeness (QED) is 0.912. The number of nitrogens with zero attached hydrogens (tertiary/aromatic N) is 2. The molecule has 0 atom stereocenters. The average Bonchev–Trinajstić information content (AvgIpc) is 2.40. The maximum atomic E-state index is 10.8. The molecule has 1 aromatic heterocycles. The summed E-state index contributed by atoms with van der Waals surface area (Å²) in [5.74, 6) is -0.212. The van der Waals surface area contributed by atoms with Crippen molar-refractivity contribution in [3.8, 4) is 0 Å². The maximum absolute atomic E-state index is 10.8. The lowest BCUT2D eigenvalue weighted by molar-refractivity contribution is 0.0696. The number of hydrogen-bond acceptors (Lipinski definition) is 3. The molecular formula is C15H16N2O2. The van der Waals surface area contributed by atoms with Gasteiger partial charge in [-0.3, -0.25) is 0 Å². The number of carboxylic acids is 1. The first-order chi connectivity index (χ1) is 9.11. The van der Waals surface area contributed by atoms with Crippen molar-refractivity contribution < 1.29 is 9.90 Å². The molecule has 1 N–H and O–H groups in total. The third kappa shape index (κ3) is 2.91. The second kappa shape index (κ2) is 5.52. The minimum Gasteiger partial charge on any atom is -0.478 e. The van der Waals surface area contributed by atoms with Gasteiger partial charge in [0.05, 0.1) is 5.56 Å². The SMILES string of the molecule is CCN(c1cccc(C)c1)c1ccc(C(=O)O)cn1. The summed E-state index contributed by atoms with van der Waals surface area (Å²) in [7, 11) is 0. The molecule has 4 heteroatoms. The summed E-state index contributed by atoms with van der Waals surface area (Å²) in [4.78, 5) is 17.1. The zero-order valence-corrected chi connectivity index (χ0v) is 11.0. The summed E-state index contributed by atoms with van der Waals surface area (Å²) in [5, 5.41) is 8.87. The highest BCUT2D eigenvalue weighted by Crippen LogP contribution is 2.24. The van der Waals surface area contributed by atoms with E-state index in [1.165, 1.54) is 11.8 Å². The number of hydrogen-bond donors (Lipinski definition) is 1. The molecule has 0 aliphatic rings. The van der Waals surface area contributed by atoms with E-state index in [1.807, 2.05) is 36.9 Å². The van der Waals surface area contributed by atoms with E-state index >= 15 is 0 Å². The van der Waals surface area contributed by atoms with E-state index in [-0.39, 0.29) is 5.56 Å². The minimum absolute atomic E-state index is 0.198. The number of carbonyl (C=O) groups is 1. The summed E-state index contributed by atoms with van der Waals surface area (Å²) in [6, 6.07) is 11.4. The maximum Gasteiger partial charge on any atom is 0.337 e. The molecule has 0 radical (unpaired) electrons. The van der Waals surface area contributed by atoms with Crippen LogP contribution in [0.3, 0.4) is 0 Å². The van der Waals surface area contributed by atoms with Crippen LogP contribution in [0.1, 0.15) is 22.8 Å². The molecule has 1 aromatic carbocycles. The predicted molar refractivity (Wildman–Crippen MR) is 75.1 cm³/mol. The molecule has 0 amide bonds. The van der Waals surface area contributed by atoms with E-state index in [2.05, 4.69) is 11.1 Å². The first-order valence-corrected chi connectivity index (χ1v) is 6.15. The second-order valence-corrected chi connectivity index (χ2v) is 4.29. The van der Waals surface area contributed by atoms with Gasteiger partial charge in [0.1, 0.15) is 5.82 Å². The van der Waals surface area contributed by atoms with Gasteiger partial charge in [0, 0.05) is 18.4 Å². The monoisotopic (exact) mass is 256 g/mol. The number of benzene rings is 1. The molecule has 0 fully saturated rings. The molecule has 0 saturated heterocycles. The number of aromatic carboxylic acids is 1. The highest BCUT2D eigenvalue weighted by molar-refractivity contribution is 5.87. The van der Waals surface area contributed by atoms with E-state index in [9.17, 15) is 4.79 Å². The van der Waals surface area contributed by atoms with Crippen LogP contribution in [-0.4, -0.2) is 22.6 Å². The summed E-state index contributed by atoms with van der Waals surface area (Å²) >= 11 is 0. The topological polar surface area (TPSA) is 53.4 Å². The van der Waals surface area contributed by atoms with Crippen molar-refractivity contribution in [1.82, 2.24) is 4.98 Å². The Bertz CT molecular complexity index is 579. The fourth-order valence-electron chi connectivity index (χ4n) is 1.94. The van der Waals surface area contributed by atoms with Crippen LogP contribution < -0.4 is 4.90 Å².